The molecular weight excluding hydrogens is 406 g/mol. The number of nitrogens with one attached hydrogen (secondary N) is 2. The number of rotatable bonds is 8. The number of carbonyl (C=O) groups is 2. The van der Waals surface area contributed by atoms with Crippen LogP contribution in [0.25, 0.3) is 10.9 Å². The molecule has 8 heteroatoms. The Bertz CT molecular complexity index is 1080. The molecule has 2 amide bonds. The maximum Gasteiger partial charge on any atom is 0.267 e. The number of anilines is 1. The Hall–Kier alpha value is -3.19. The number of aromatic nitrogens is 1. The fourth-order valence-corrected chi connectivity index (χ4v) is 3.44. The number of fused-ring (bicyclic) bond motifs is 1. The SMILES string of the molecule is COc1ccc2c(c1)cc(C(=O)NCCCC(=O)Nc1ccc(OC)c(Cl)c1)n2C. The summed E-state index contributed by atoms with van der Waals surface area (Å²) in [5, 5.41) is 7.00. The van der Waals surface area contributed by atoms with Crippen molar-refractivity contribution >= 4 is 40.0 Å². The molecule has 2 aromatic carbocycles. The van der Waals surface area contributed by atoms with Crippen LogP contribution in [-0.2, 0) is 11.8 Å². The standard InChI is InChI=1S/C22H24ClN3O4/c1-26-18-8-7-16(29-2)11-14(18)12-19(26)22(28)24-10-4-5-21(27)25-15-6-9-20(30-3)17(23)13-15/h6-9,11-13H,4-5,10H2,1-3H3,(H,24,28)(H,25,27). The van der Waals surface area contributed by atoms with Gasteiger partial charge in [-0.15, -0.1) is 0 Å². The van der Waals surface area contributed by atoms with Gasteiger partial charge >= 0.3 is 0 Å². The first kappa shape index (κ1) is 21.5. The highest BCUT2D eigenvalue weighted by Gasteiger charge is 2.14. The summed E-state index contributed by atoms with van der Waals surface area (Å²) in [6.45, 7) is 0.389. The number of nitrogens with zero attached hydrogens (tertiary/aromatic N) is 1. The van der Waals surface area contributed by atoms with Crippen molar-refractivity contribution in [3.8, 4) is 11.5 Å². The van der Waals surface area contributed by atoms with Crippen LogP contribution in [0, 0.1) is 0 Å². The number of ether oxygens (including phenoxy) is 2. The molecule has 0 fully saturated rings. The molecule has 0 aliphatic heterocycles. The minimum absolute atomic E-state index is 0.151. The summed E-state index contributed by atoms with van der Waals surface area (Å²) >= 11 is 6.06. The fraction of sp³-hybridized carbons (Fsp3) is 0.273. The molecule has 7 nitrogen and oxygen atoms in total. The summed E-state index contributed by atoms with van der Waals surface area (Å²) in [5.41, 5.74) is 2.09. The normalized spacial score (nSPS) is 10.7. The van der Waals surface area contributed by atoms with Gasteiger partial charge in [-0.05, 0) is 48.9 Å². The van der Waals surface area contributed by atoms with Crippen LogP contribution < -0.4 is 20.1 Å². The highest BCUT2D eigenvalue weighted by molar-refractivity contribution is 6.32. The summed E-state index contributed by atoms with van der Waals surface area (Å²) in [4.78, 5) is 24.6. The molecule has 0 saturated carbocycles. The van der Waals surface area contributed by atoms with Crippen molar-refractivity contribution in [2.24, 2.45) is 7.05 Å². The number of methoxy groups -OCH3 is 2. The predicted octanol–water partition coefficient (Wildman–Crippen LogP) is 4.00. The number of aryl methyl sites for hydroxylation is 1. The number of benzene rings is 2. The summed E-state index contributed by atoms with van der Waals surface area (Å²) in [5.74, 6) is 0.950. The largest absolute Gasteiger partial charge is 0.497 e. The molecule has 1 aromatic heterocycles. The topological polar surface area (TPSA) is 81.6 Å². The van der Waals surface area contributed by atoms with Crippen molar-refractivity contribution in [3.05, 3.63) is 53.2 Å². The second-order valence-corrected chi connectivity index (χ2v) is 7.18. The van der Waals surface area contributed by atoms with Gasteiger partial charge in [0.1, 0.15) is 17.2 Å². The second-order valence-electron chi connectivity index (χ2n) is 6.77. The molecule has 0 bridgehead atoms. The first-order valence-electron chi connectivity index (χ1n) is 9.48. The average Bonchev–Trinajstić information content (AvgIpc) is 3.07. The van der Waals surface area contributed by atoms with Gasteiger partial charge in [-0.3, -0.25) is 9.59 Å². The van der Waals surface area contributed by atoms with Crippen LogP contribution >= 0.6 is 11.6 Å². The lowest BCUT2D eigenvalue weighted by Gasteiger charge is -2.09. The van der Waals surface area contributed by atoms with E-state index < -0.39 is 0 Å². The molecule has 158 valence electrons. The van der Waals surface area contributed by atoms with Gasteiger partial charge in [0.25, 0.3) is 5.91 Å². The zero-order valence-electron chi connectivity index (χ0n) is 17.1. The third kappa shape index (κ3) is 4.86. The maximum atomic E-state index is 12.5. The summed E-state index contributed by atoms with van der Waals surface area (Å²) in [6.07, 6.45) is 0.787. The minimum atomic E-state index is -0.185. The lowest BCUT2D eigenvalue weighted by Crippen LogP contribution is -2.27. The van der Waals surface area contributed by atoms with E-state index in [0.29, 0.717) is 35.1 Å². The van der Waals surface area contributed by atoms with E-state index in [-0.39, 0.29) is 18.2 Å². The van der Waals surface area contributed by atoms with E-state index in [1.807, 2.05) is 35.9 Å². The van der Waals surface area contributed by atoms with E-state index in [0.717, 1.165) is 16.7 Å². The average molecular weight is 430 g/mol. The van der Waals surface area contributed by atoms with Crippen molar-refractivity contribution in [2.75, 3.05) is 26.1 Å². The number of hydrogen-bond donors (Lipinski definition) is 2. The molecule has 1 heterocycles. The van der Waals surface area contributed by atoms with E-state index in [1.165, 1.54) is 7.11 Å². The van der Waals surface area contributed by atoms with Crippen LogP contribution in [0.15, 0.2) is 42.5 Å². The summed E-state index contributed by atoms with van der Waals surface area (Å²) in [7, 11) is 4.98. The van der Waals surface area contributed by atoms with Gasteiger partial charge in [-0.2, -0.15) is 0 Å². The number of halogens is 1. The van der Waals surface area contributed by atoms with E-state index in [1.54, 1.807) is 25.3 Å². The molecule has 3 aromatic rings. The lowest BCUT2D eigenvalue weighted by atomic mass is 10.2. The number of hydrogen-bond acceptors (Lipinski definition) is 4. The Morgan fingerprint density at radius 3 is 2.57 bits per heavy atom. The lowest BCUT2D eigenvalue weighted by molar-refractivity contribution is -0.116. The van der Waals surface area contributed by atoms with E-state index in [9.17, 15) is 9.59 Å². The van der Waals surface area contributed by atoms with Crippen LogP contribution in [0.4, 0.5) is 5.69 Å². The molecule has 2 N–H and O–H groups in total. The first-order valence-corrected chi connectivity index (χ1v) is 9.85. The summed E-state index contributed by atoms with van der Waals surface area (Å²) in [6, 6.07) is 12.5. The highest BCUT2D eigenvalue weighted by Crippen LogP contribution is 2.27. The Balaban J connectivity index is 1.50. The molecule has 0 aliphatic carbocycles. The van der Waals surface area contributed by atoms with Gasteiger partial charge in [0.2, 0.25) is 5.91 Å². The monoisotopic (exact) mass is 429 g/mol. The van der Waals surface area contributed by atoms with Crippen LogP contribution in [0.2, 0.25) is 5.02 Å². The molecule has 0 saturated heterocycles. The third-order valence-electron chi connectivity index (χ3n) is 4.78. The van der Waals surface area contributed by atoms with Gasteiger partial charge < -0.3 is 24.7 Å². The van der Waals surface area contributed by atoms with E-state index in [2.05, 4.69) is 10.6 Å². The van der Waals surface area contributed by atoms with Gasteiger partial charge in [-0.1, -0.05) is 11.6 Å². The quantitative estimate of drug-likeness (QED) is 0.530. The van der Waals surface area contributed by atoms with Crippen molar-refractivity contribution in [1.29, 1.82) is 0 Å². The Kier molecular flexibility index (Phi) is 6.84. The highest BCUT2D eigenvalue weighted by atomic mass is 35.5. The number of carbonyl (C=O) groups excluding carboxylic acids is 2. The van der Waals surface area contributed by atoms with E-state index in [4.69, 9.17) is 21.1 Å². The van der Waals surface area contributed by atoms with Crippen LogP contribution in [0.5, 0.6) is 11.5 Å². The molecule has 0 atom stereocenters. The Morgan fingerprint density at radius 1 is 1.07 bits per heavy atom. The van der Waals surface area contributed by atoms with Gasteiger partial charge in [0, 0.05) is 36.6 Å². The second kappa shape index (κ2) is 9.54. The Labute approximate surface area is 179 Å². The smallest absolute Gasteiger partial charge is 0.267 e. The van der Waals surface area contributed by atoms with Crippen molar-refractivity contribution in [3.63, 3.8) is 0 Å². The van der Waals surface area contributed by atoms with Crippen molar-refractivity contribution in [1.82, 2.24) is 9.88 Å². The molecular formula is C22H24ClN3O4. The predicted molar refractivity (Wildman–Crippen MR) is 118 cm³/mol. The molecule has 0 radical (unpaired) electrons. The molecule has 30 heavy (non-hydrogen) atoms. The molecule has 0 aliphatic rings. The Morgan fingerprint density at radius 2 is 1.87 bits per heavy atom. The van der Waals surface area contributed by atoms with Crippen LogP contribution in [0.1, 0.15) is 23.3 Å². The summed E-state index contributed by atoms with van der Waals surface area (Å²) < 4.78 is 12.2. The van der Waals surface area contributed by atoms with Gasteiger partial charge in [-0.25, -0.2) is 0 Å². The molecule has 0 spiro atoms. The number of amides is 2. The van der Waals surface area contributed by atoms with Gasteiger partial charge in [0.05, 0.1) is 19.2 Å². The van der Waals surface area contributed by atoms with Crippen LogP contribution in [0.3, 0.4) is 0 Å². The van der Waals surface area contributed by atoms with E-state index >= 15 is 0 Å². The zero-order valence-corrected chi connectivity index (χ0v) is 17.9. The first-order chi connectivity index (χ1) is 14.4. The van der Waals surface area contributed by atoms with Crippen molar-refractivity contribution in [2.45, 2.75) is 12.8 Å². The molecule has 3 rings (SSSR count). The minimum Gasteiger partial charge on any atom is -0.497 e. The zero-order chi connectivity index (χ0) is 21.7. The van der Waals surface area contributed by atoms with Gasteiger partial charge in [0.15, 0.2) is 0 Å². The molecule has 0 unspecified atom stereocenters. The maximum absolute atomic E-state index is 12.5. The van der Waals surface area contributed by atoms with Crippen LogP contribution in [-0.4, -0.2) is 37.1 Å². The third-order valence-corrected chi connectivity index (χ3v) is 5.08. The fourth-order valence-electron chi connectivity index (χ4n) is 3.18. The van der Waals surface area contributed by atoms with Crippen molar-refractivity contribution < 1.29 is 19.1 Å².